The van der Waals surface area contributed by atoms with E-state index in [-0.39, 0.29) is 5.69 Å². The zero-order valence-corrected chi connectivity index (χ0v) is 6.10. The van der Waals surface area contributed by atoms with Gasteiger partial charge in [0.05, 0.1) is 18.3 Å². The SMILES string of the molecule is Nc1ccc(CC(F)(F)F)nc1. The highest BCUT2D eigenvalue weighted by molar-refractivity contribution is 5.34. The van der Waals surface area contributed by atoms with Gasteiger partial charge in [0, 0.05) is 5.69 Å². The number of hydrogen-bond donors (Lipinski definition) is 1. The predicted molar refractivity (Wildman–Crippen MR) is 38.4 cm³/mol. The van der Waals surface area contributed by atoms with Gasteiger partial charge in [-0.25, -0.2) is 0 Å². The monoisotopic (exact) mass is 176 g/mol. The highest BCUT2D eigenvalue weighted by atomic mass is 19.4. The average Bonchev–Trinajstić information content (AvgIpc) is 1.91. The zero-order chi connectivity index (χ0) is 9.19. The predicted octanol–water partition coefficient (Wildman–Crippen LogP) is 1.77. The number of halogens is 3. The number of nitrogens with two attached hydrogens (primary N) is 1. The smallest absolute Gasteiger partial charge is 0.394 e. The summed E-state index contributed by atoms with van der Waals surface area (Å²) in [6.45, 7) is 0. The van der Waals surface area contributed by atoms with Crippen LogP contribution in [0.1, 0.15) is 5.69 Å². The fourth-order valence-electron chi connectivity index (χ4n) is 0.746. The standard InChI is InChI=1S/C7H7F3N2/c8-7(9,10)3-6-2-1-5(11)4-12-6/h1-2,4H,3,11H2. The van der Waals surface area contributed by atoms with Crippen LogP contribution >= 0.6 is 0 Å². The fourth-order valence-corrected chi connectivity index (χ4v) is 0.746. The molecule has 5 heteroatoms. The van der Waals surface area contributed by atoms with E-state index in [1.165, 1.54) is 18.3 Å². The molecule has 0 aliphatic carbocycles. The number of alkyl halides is 3. The van der Waals surface area contributed by atoms with Crippen LogP contribution in [0.3, 0.4) is 0 Å². The molecule has 1 rings (SSSR count). The number of aromatic nitrogens is 1. The summed E-state index contributed by atoms with van der Waals surface area (Å²) in [7, 11) is 0. The maximum atomic E-state index is 11.8. The number of rotatable bonds is 1. The van der Waals surface area contributed by atoms with Crippen LogP contribution in [0, 0.1) is 0 Å². The van der Waals surface area contributed by atoms with Gasteiger partial charge in [-0.05, 0) is 12.1 Å². The highest BCUT2D eigenvalue weighted by Gasteiger charge is 2.28. The van der Waals surface area contributed by atoms with Gasteiger partial charge in [-0.3, -0.25) is 4.98 Å². The highest BCUT2D eigenvalue weighted by Crippen LogP contribution is 2.20. The van der Waals surface area contributed by atoms with E-state index in [2.05, 4.69) is 4.98 Å². The first-order valence-electron chi connectivity index (χ1n) is 3.24. The van der Waals surface area contributed by atoms with Crippen LogP contribution < -0.4 is 5.73 Å². The van der Waals surface area contributed by atoms with Gasteiger partial charge in [0.2, 0.25) is 0 Å². The van der Waals surface area contributed by atoms with Crippen molar-refractivity contribution in [2.75, 3.05) is 5.73 Å². The van der Waals surface area contributed by atoms with Crippen molar-refractivity contribution in [2.24, 2.45) is 0 Å². The fraction of sp³-hybridized carbons (Fsp3) is 0.286. The Morgan fingerprint density at radius 3 is 2.42 bits per heavy atom. The second-order valence-corrected chi connectivity index (χ2v) is 2.37. The number of nitrogens with zero attached hydrogens (tertiary/aromatic N) is 1. The third-order valence-electron chi connectivity index (χ3n) is 1.23. The Labute approximate surface area is 67.2 Å². The van der Waals surface area contributed by atoms with Crippen molar-refractivity contribution >= 4 is 5.69 Å². The van der Waals surface area contributed by atoms with Crippen molar-refractivity contribution in [3.05, 3.63) is 24.0 Å². The van der Waals surface area contributed by atoms with Gasteiger partial charge in [-0.15, -0.1) is 0 Å². The molecule has 0 bridgehead atoms. The normalized spacial score (nSPS) is 11.6. The molecule has 0 aliphatic rings. The minimum absolute atomic E-state index is 0.0169. The number of hydrogen-bond acceptors (Lipinski definition) is 2. The van der Waals surface area contributed by atoms with Gasteiger partial charge >= 0.3 is 6.18 Å². The second kappa shape index (κ2) is 3.00. The molecule has 0 radical (unpaired) electrons. The summed E-state index contributed by atoms with van der Waals surface area (Å²) < 4.78 is 35.3. The third kappa shape index (κ3) is 2.77. The Kier molecular flexibility index (Phi) is 2.21. The van der Waals surface area contributed by atoms with E-state index in [1.54, 1.807) is 0 Å². The summed E-state index contributed by atoms with van der Waals surface area (Å²) in [4.78, 5) is 3.52. The maximum absolute atomic E-state index is 11.8. The average molecular weight is 176 g/mol. The van der Waals surface area contributed by atoms with Crippen molar-refractivity contribution in [2.45, 2.75) is 12.6 Å². The molecule has 0 fully saturated rings. The van der Waals surface area contributed by atoms with Crippen LogP contribution in [-0.2, 0) is 6.42 Å². The van der Waals surface area contributed by atoms with Crippen molar-refractivity contribution in [1.29, 1.82) is 0 Å². The Balaban J connectivity index is 2.71. The molecule has 2 N–H and O–H groups in total. The van der Waals surface area contributed by atoms with E-state index in [4.69, 9.17) is 5.73 Å². The molecular weight excluding hydrogens is 169 g/mol. The number of anilines is 1. The van der Waals surface area contributed by atoms with Gasteiger partial charge in [0.1, 0.15) is 0 Å². The minimum atomic E-state index is -4.21. The van der Waals surface area contributed by atoms with Gasteiger partial charge in [-0.2, -0.15) is 13.2 Å². The van der Waals surface area contributed by atoms with Crippen molar-refractivity contribution < 1.29 is 13.2 Å². The topological polar surface area (TPSA) is 38.9 Å². The lowest BCUT2D eigenvalue weighted by molar-refractivity contribution is -0.127. The molecule has 1 aromatic rings. The Hall–Kier alpha value is -1.26. The summed E-state index contributed by atoms with van der Waals surface area (Å²) in [5, 5.41) is 0. The quantitative estimate of drug-likeness (QED) is 0.708. The first kappa shape index (κ1) is 8.83. The van der Waals surface area contributed by atoms with Crippen LogP contribution in [0.4, 0.5) is 18.9 Å². The van der Waals surface area contributed by atoms with Crippen molar-refractivity contribution in [1.82, 2.24) is 4.98 Å². The van der Waals surface area contributed by atoms with Gasteiger partial charge in [0.15, 0.2) is 0 Å². The second-order valence-electron chi connectivity index (χ2n) is 2.37. The first-order valence-corrected chi connectivity index (χ1v) is 3.24. The third-order valence-corrected chi connectivity index (χ3v) is 1.23. The Morgan fingerprint density at radius 1 is 1.33 bits per heavy atom. The summed E-state index contributed by atoms with van der Waals surface area (Å²) in [5.74, 6) is 0. The molecule has 12 heavy (non-hydrogen) atoms. The van der Waals surface area contributed by atoms with E-state index in [0.29, 0.717) is 5.69 Å². The largest absolute Gasteiger partial charge is 0.397 e. The van der Waals surface area contributed by atoms with E-state index in [1.807, 2.05) is 0 Å². The number of pyridine rings is 1. The van der Waals surface area contributed by atoms with Crippen LogP contribution in [0.2, 0.25) is 0 Å². The molecule has 0 spiro atoms. The Morgan fingerprint density at radius 2 is 2.00 bits per heavy atom. The van der Waals surface area contributed by atoms with E-state index in [0.717, 1.165) is 0 Å². The number of nitrogen functional groups attached to an aromatic ring is 1. The molecule has 0 saturated carbocycles. The molecule has 0 aliphatic heterocycles. The van der Waals surface area contributed by atoms with Gasteiger partial charge in [-0.1, -0.05) is 0 Å². The summed E-state index contributed by atoms with van der Waals surface area (Å²) in [5.41, 5.74) is 5.59. The van der Waals surface area contributed by atoms with Crippen LogP contribution in [0.25, 0.3) is 0 Å². The molecule has 0 atom stereocenters. The lowest BCUT2D eigenvalue weighted by Crippen LogP contribution is -2.12. The Bertz CT molecular complexity index is 252. The maximum Gasteiger partial charge on any atom is 0.394 e. The van der Waals surface area contributed by atoms with Gasteiger partial charge < -0.3 is 5.73 Å². The van der Waals surface area contributed by atoms with E-state index in [9.17, 15) is 13.2 Å². The van der Waals surface area contributed by atoms with Crippen LogP contribution in [0.15, 0.2) is 18.3 Å². The molecule has 0 amide bonds. The van der Waals surface area contributed by atoms with E-state index < -0.39 is 12.6 Å². The molecule has 2 nitrogen and oxygen atoms in total. The lowest BCUT2D eigenvalue weighted by atomic mass is 10.2. The van der Waals surface area contributed by atoms with Gasteiger partial charge in [0.25, 0.3) is 0 Å². The molecular formula is C7H7F3N2. The molecule has 0 saturated heterocycles. The molecule has 66 valence electrons. The first-order chi connectivity index (χ1) is 5.47. The molecule has 1 heterocycles. The van der Waals surface area contributed by atoms with Crippen molar-refractivity contribution in [3.8, 4) is 0 Å². The van der Waals surface area contributed by atoms with Crippen LogP contribution in [-0.4, -0.2) is 11.2 Å². The zero-order valence-electron chi connectivity index (χ0n) is 6.10. The molecule has 1 aromatic heterocycles. The van der Waals surface area contributed by atoms with Crippen LogP contribution in [0.5, 0.6) is 0 Å². The minimum Gasteiger partial charge on any atom is -0.397 e. The van der Waals surface area contributed by atoms with Crippen molar-refractivity contribution in [3.63, 3.8) is 0 Å². The summed E-state index contributed by atoms with van der Waals surface area (Å²) >= 11 is 0. The molecule has 0 unspecified atom stereocenters. The molecule has 0 aromatic carbocycles. The van der Waals surface area contributed by atoms with E-state index >= 15 is 0 Å². The lowest BCUT2D eigenvalue weighted by Gasteiger charge is -2.04. The summed E-state index contributed by atoms with van der Waals surface area (Å²) in [6, 6.07) is 2.66. The summed E-state index contributed by atoms with van der Waals surface area (Å²) in [6.07, 6.45) is -4.00.